The predicted octanol–water partition coefficient (Wildman–Crippen LogP) is 5.61. The third-order valence-electron chi connectivity index (χ3n) is 9.09. The van der Waals surface area contributed by atoms with E-state index in [1.807, 2.05) is 6.92 Å². The van der Waals surface area contributed by atoms with Gasteiger partial charge in [-0.1, -0.05) is 13.8 Å². The molecule has 182 valence electrons. The normalized spacial score (nSPS) is 39.1. The summed E-state index contributed by atoms with van der Waals surface area (Å²) in [6.45, 7) is 10.9. The Balaban J connectivity index is 1.75. The van der Waals surface area contributed by atoms with Crippen molar-refractivity contribution in [3.63, 3.8) is 0 Å². The SMILES string of the molecule is CC(=O)OC(C)=C1CCC2C3CCC4C[C@H](OC(C)=O)CCC4(C)C3=C(OC(C)=O)CC12C. The van der Waals surface area contributed by atoms with E-state index in [0.29, 0.717) is 29.9 Å². The molecule has 33 heavy (non-hydrogen) atoms. The smallest absolute Gasteiger partial charge is 0.307 e. The van der Waals surface area contributed by atoms with Crippen molar-refractivity contribution < 1.29 is 28.6 Å². The van der Waals surface area contributed by atoms with Gasteiger partial charge in [-0.25, -0.2) is 0 Å². The van der Waals surface area contributed by atoms with Gasteiger partial charge in [0.15, 0.2) is 0 Å². The maximum absolute atomic E-state index is 12.2. The second-order valence-corrected chi connectivity index (χ2v) is 11.1. The van der Waals surface area contributed by atoms with Gasteiger partial charge in [-0.3, -0.25) is 14.4 Å². The van der Waals surface area contributed by atoms with E-state index < -0.39 is 0 Å². The minimum absolute atomic E-state index is 0.0175. The summed E-state index contributed by atoms with van der Waals surface area (Å²) in [5.41, 5.74) is 2.29. The molecule has 6 heteroatoms. The zero-order chi connectivity index (χ0) is 24.1. The Labute approximate surface area is 197 Å². The second-order valence-electron chi connectivity index (χ2n) is 11.1. The third-order valence-corrected chi connectivity index (χ3v) is 9.09. The van der Waals surface area contributed by atoms with E-state index in [0.717, 1.165) is 50.7 Å². The molecule has 0 aromatic rings. The zero-order valence-corrected chi connectivity index (χ0v) is 20.9. The fourth-order valence-corrected chi connectivity index (χ4v) is 7.93. The first kappa shape index (κ1) is 24.0. The molecule has 4 aliphatic carbocycles. The van der Waals surface area contributed by atoms with Crippen LogP contribution >= 0.6 is 0 Å². The van der Waals surface area contributed by atoms with Gasteiger partial charge in [0.25, 0.3) is 0 Å². The Morgan fingerprint density at radius 3 is 2.24 bits per heavy atom. The topological polar surface area (TPSA) is 78.9 Å². The molecular weight excluding hydrogens is 420 g/mol. The first-order chi connectivity index (χ1) is 15.5. The Morgan fingerprint density at radius 2 is 1.61 bits per heavy atom. The first-order valence-corrected chi connectivity index (χ1v) is 12.4. The molecule has 4 aliphatic rings. The highest BCUT2D eigenvalue weighted by molar-refractivity contribution is 5.68. The molecule has 6 atom stereocenters. The molecule has 5 unspecified atom stereocenters. The highest BCUT2D eigenvalue weighted by Crippen LogP contribution is 2.67. The molecule has 0 aromatic carbocycles. The number of hydrogen-bond acceptors (Lipinski definition) is 6. The molecule has 0 aliphatic heterocycles. The van der Waals surface area contributed by atoms with Crippen LogP contribution in [0.3, 0.4) is 0 Å². The summed E-state index contributed by atoms with van der Waals surface area (Å²) in [6, 6.07) is 0. The summed E-state index contributed by atoms with van der Waals surface area (Å²) in [4.78, 5) is 35.4. The van der Waals surface area contributed by atoms with Crippen LogP contribution in [0.4, 0.5) is 0 Å². The molecule has 6 nitrogen and oxygen atoms in total. The number of ether oxygens (including phenoxy) is 3. The van der Waals surface area contributed by atoms with Crippen LogP contribution in [0, 0.1) is 28.6 Å². The Hall–Kier alpha value is -2.11. The summed E-state index contributed by atoms with van der Waals surface area (Å²) in [5.74, 6) is 1.97. The molecule has 0 N–H and O–H groups in total. The van der Waals surface area contributed by atoms with Gasteiger partial charge in [-0.05, 0) is 86.2 Å². The van der Waals surface area contributed by atoms with Crippen molar-refractivity contribution in [3.8, 4) is 0 Å². The molecule has 0 aromatic heterocycles. The number of fused-ring (bicyclic) bond motifs is 5. The molecule has 4 rings (SSSR count). The maximum atomic E-state index is 12.2. The maximum Gasteiger partial charge on any atom is 0.307 e. The van der Waals surface area contributed by atoms with Crippen molar-refractivity contribution in [3.05, 3.63) is 22.7 Å². The van der Waals surface area contributed by atoms with E-state index >= 15 is 0 Å². The fraction of sp³-hybridized carbons (Fsp3) is 0.741. The summed E-state index contributed by atoms with van der Waals surface area (Å²) >= 11 is 0. The van der Waals surface area contributed by atoms with Crippen LogP contribution in [0.1, 0.15) is 92.9 Å². The highest BCUT2D eigenvalue weighted by Gasteiger charge is 2.59. The lowest BCUT2D eigenvalue weighted by Gasteiger charge is -2.57. The summed E-state index contributed by atoms with van der Waals surface area (Å²) in [7, 11) is 0. The molecule has 0 bridgehead atoms. The molecule has 0 radical (unpaired) electrons. The van der Waals surface area contributed by atoms with Crippen LogP contribution < -0.4 is 0 Å². The quantitative estimate of drug-likeness (QED) is 0.311. The van der Waals surface area contributed by atoms with Crippen LogP contribution in [-0.4, -0.2) is 24.0 Å². The Morgan fingerprint density at radius 1 is 0.879 bits per heavy atom. The number of hydrogen-bond donors (Lipinski definition) is 0. The van der Waals surface area contributed by atoms with Crippen LogP contribution in [-0.2, 0) is 28.6 Å². The van der Waals surface area contributed by atoms with Crippen molar-refractivity contribution in [1.82, 2.24) is 0 Å². The Kier molecular flexibility index (Phi) is 6.25. The van der Waals surface area contributed by atoms with Gasteiger partial charge in [0.2, 0.25) is 0 Å². The minimum Gasteiger partial charge on any atom is -0.463 e. The van der Waals surface area contributed by atoms with E-state index in [2.05, 4.69) is 13.8 Å². The van der Waals surface area contributed by atoms with Crippen molar-refractivity contribution in [2.75, 3.05) is 0 Å². The van der Waals surface area contributed by atoms with E-state index in [1.165, 1.54) is 31.9 Å². The van der Waals surface area contributed by atoms with E-state index in [4.69, 9.17) is 14.2 Å². The standard InChI is InChI=1S/C27H38O6/c1-15(31-16(2)28)22-9-10-23-21-8-7-19-13-20(32-17(3)29)11-12-26(19,5)25(21)24(33-18(4)30)14-27(22,23)6/h19-21,23H,7-14H2,1-6H3/t19?,20-,21?,23?,26?,27?/m1/s1. The van der Waals surface area contributed by atoms with E-state index in [9.17, 15) is 14.4 Å². The monoisotopic (exact) mass is 458 g/mol. The van der Waals surface area contributed by atoms with Gasteiger partial charge in [0.1, 0.15) is 17.6 Å². The first-order valence-electron chi connectivity index (χ1n) is 12.4. The van der Waals surface area contributed by atoms with Gasteiger partial charge in [0.05, 0.1) is 0 Å². The lowest BCUT2D eigenvalue weighted by atomic mass is 9.48. The van der Waals surface area contributed by atoms with Crippen LogP contribution in [0.25, 0.3) is 0 Å². The number of carbonyl (C=O) groups is 3. The average Bonchev–Trinajstić information content (AvgIpc) is 3.03. The van der Waals surface area contributed by atoms with Crippen molar-refractivity contribution in [1.29, 1.82) is 0 Å². The number of rotatable bonds is 3. The van der Waals surface area contributed by atoms with Crippen LogP contribution in [0.2, 0.25) is 0 Å². The minimum atomic E-state index is -0.295. The fourth-order valence-electron chi connectivity index (χ4n) is 7.93. The van der Waals surface area contributed by atoms with Crippen molar-refractivity contribution in [2.24, 2.45) is 28.6 Å². The lowest BCUT2D eigenvalue weighted by molar-refractivity contribution is -0.151. The molecule has 0 saturated heterocycles. The van der Waals surface area contributed by atoms with Gasteiger partial charge in [-0.15, -0.1) is 0 Å². The molecule has 0 spiro atoms. The van der Waals surface area contributed by atoms with E-state index in [-0.39, 0.29) is 34.8 Å². The zero-order valence-electron chi connectivity index (χ0n) is 20.9. The average molecular weight is 459 g/mol. The number of carbonyl (C=O) groups excluding carboxylic acids is 3. The molecular formula is C27H38O6. The Bertz CT molecular complexity index is 929. The summed E-state index contributed by atoms with van der Waals surface area (Å²) < 4.78 is 17.1. The molecule has 0 amide bonds. The second kappa shape index (κ2) is 8.59. The third kappa shape index (κ3) is 4.15. The molecule has 3 saturated carbocycles. The molecule has 3 fully saturated rings. The van der Waals surface area contributed by atoms with Gasteiger partial charge < -0.3 is 14.2 Å². The van der Waals surface area contributed by atoms with Crippen LogP contribution in [0.15, 0.2) is 22.7 Å². The number of esters is 3. The van der Waals surface area contributed by atoms with Crippen LogP contribution in [0.5, 0.6) is 0 Å². The largest absolute Gasteiger partial charge is 0.463 e. The summed E-state index contributed by atoms with van der Waals surface area (Å²) in [5, 5.41) is 0. The predicted molar refractivity (Wildman–Crippen MR) is 122 cm³/mol. The highest BCUT2D eigenvalue weighted by atomic mass is 16.5. The summed E-state index contributed by atoms with van der Waals surface area (Å²) in [6.07, 6.45) is 7.40. The lowest BCUT2D eigenvalue weighted by Crippen LogP contribution is -2.49. The van der Waals surface area contributed by atoms with Gasteiger partial charge in [0, 0.05) is 32.6 Å². The van der Waals surface area contributed by atoms with Crippen molar-refractivity contribution in [2.45, 2.75) is 99.0 Å². The van der Waals surface area contributed by atoms with Gasteiger partial charge in [-0.2, -0.15) is 0 Å². The number of allylic oxidation sites excluding steroid dienone is 4. The van der Waals surface area contributed by atoms with Gasteiger partial charge >= 0.3 is 17.9 Å². The molecule has 0 heterocycles. The van der Waals surface area contributed by atoms with Crippen molar-refractivity contribution >= 4 is 17.9 Å². The van der Waals surface area contributed by atoms with E-state index in [1.54, 1.807) is 0 Å².